The summed E-state index contributed by atoms with van der Waals surface area (Å²) in [5, 5.41) is 9.06. The molecule has 0 aromatic heterocycles. The molecule has 10 heteroatoms. The minimum absolute atomic E-state index is 0.123. The molecule has 1 aliphatic rings. The van der Waals surface area contributed by atoms with E-state index in [2.05, 4.69) is 6.58 Å². The van der Waals surface area contributed by atoms with Gasteiger partial charge in [-0.05, 0) is 63.8 Å². The minimum atomic E-state index is -1.19. The molecule has 35 heavy (non-hydrogen) atoms. The van der Waals surface area contributed by atoms with Crippen molar-refractivity contribution in [2.45, 2.75) is 46.0 Å². The quantitative estimate of drug-likeness (QED) is 0.213. The van der Waals surface area contributed by atoms with Crippen LogP contribution in [0.25, 0.3) is 0 Å². The van der Waals surface area contributed by atoms with E-state index in [1.807, 2.05) is 0 Å². The fourth-order valence-electron chi connectivity index (χ4n) is 3.44. The number of carboxylic acids is 1. The molecule has 1 aromatic carbocycles. The van der Waals surface area contributed by atoms with Crippen LogP contribution < -0.4 is 9.47 Å². The second-order valence-electron chi connectivity index (χ2n) is 8.82. The number of carboxylic acid groups (broad SMARTS) is 1. The van der Waals surface area contributed by atoms with E-state index < -0.39 is 41.2 Å². The number of esters is 4. The monoisotopic (exact) mass is 490 g/mol. The van der Waals surface area contributed by atoms with E-state index >= 15 is 0 Å². The van der Waals surface area contributed by atoms with Gasteiger partial charge in [-0.15, -0.1) is 0 Å². The van der Waals surface area contributed by atoms with Crippen LogP contribution in [-0.2, 0) is 33.4 Å². The van der Waals surface area contributed by atoms with E-state index in [9.17, 15) is 24.0 Å². The predicted octanol–water partition coefficient (Wildman–Crippen LogP) is 3.08. The molecule has 0 atom stereocenters. The van der Waals surface area contributed by atoms with Gasteiger partial charge in [-0.2, -0.15) is 0 Å². The fourth-order valence-corrected chi connectivity index (χ4v) is 3.44. The van der Waals surface area contributed by atoms with Crippen LogP contribution in [0.3, 0.4) is 0 Å². The van der Waals surface area contributed by atoms with E-state index in [1.54, 1.807) is 0 Å². The molecule has 1 fully saturated rings. The Kier molecular flexibility index (Phi) is 9.98. The molecule has 1 N–H and O–H groups in total. The zero-order valence-electron chi connectivity index (χ0n) is 19.8. The van der Waals surface area contributed by atoms with Crippen molar-refractivity contribution in [3.63, 3.8) is 0 Å². The van der Waals surface area contributed by atoms with Gasteiger partial charge in [0.1, 0.15) is 24.7 Å². The average molecular weight is 491 g/mol. The average Bonchev–Trinajstić information content (AvgIpc) is 2.82. The molecule has 1 aliphatic carbocycles. The molecule has 190 valence electrons. The maximum Gasteiger partial charge on any atom is 0.330 e. The molecule has 1 saturated carbocycles. The first-order chi connectivity index (χ1) is 16.5. The van der Waals surface area contributed by atoms with Crippen LogP contribution in [0.2, 0.25) is 0 Å². The molecule has 0 bridgehead atoms. The van der Waals surface area contributed by atoms with Gasteiger partial charge in [-0.3, -0.25) is 19.2 Å². The molecule has 10 nitrogen and oxygen atoms in total. The Hall–Kier alpha value is -3.69. The summed E-state index contributed by atoms with van der Waals surface area (Å²) in [4.78, 5) is 58.9. The second-order valence-corrected chi connectivity index (χ2v) is 8.82. The number of hydrogen-bond donors (Lipinski definition) is 1. The van der Waals surface area contributed by atoms with Crippen LogP contribution in [-0.4, -0.2) is 48.2 Å². The van der Waals surface area contributed by atoms with Gasteiger partial charge in [0.2, 0.25) is 0 Å². The summed E-state index contributed by atoms with van der Waals surface area (Å²) in [7, 11) is 0. The van der Waals surface area contributed by atoms with Gasteiger partial charge >= 0.3 is 29.8 Å². The maximum absolute atomic E-state index is 12.5. The lowest BCUT2D eigenvalue weighted by Gasteiger charge is -2.24. The third-order valence-electron chi connectivity index (χ3n) is 5.56. The van der Waals surface area contributed by atoms with Crippen molar-refractivity contribution in [2.75, 3.05) is 13.2 Å². The lowest BCUT2D eigenvalue weighted by atomic mass is 9.82. The van der Waals surface area contributed by atoms with Gasteiger partial charge < -0.3 is 24.1 Å². The molecular formula is C25H30O10. The molecule has 0 saturated heterocycles. The van der Waals surface area contributed by atoms with Crippen LogP contribution in [0.15, 0.2) is 36.9 Å². The number of benzene rings is 1. The Morgan fingerprint density at radius 1 is 0.914 bits per heavy atom. The predicted molar refractivity (Wildman–Crippen MR) is 121 cm³/mol. The van der Waals surface area contributed by atoms with Gasteiger partial charge in [0.15, 0.2) is 0 Å². The number of carbonyl (C=O) groups excluding carboxylic acids is 4. The first-order valence-corrected chi connectivity index (χ1v) is 11.2. The summed E-state index contributed by atoms with van der Waals surface area (Å²) in [5.74, 6) is -3.49. The maximum atomic E-state index is 12.5. The van der Waals surface area contributed by atoms with Gasteiger partial charge in [0, 0.05) is 6.08 Å². The van der Waals surface area contributed by atoms with E-state index in [-0.39, 0.29) is 37.1 Å². The van der Waals surface area contributed by atoms with Gasteiger partial charge in [0.05, 0.1) is 23.7 Å². The van der Waals surface area contributed by atoms with Crippen LogP contribution in [0.1, 0.15) is 46.0 Å². The highest BCUT2D eigenvalue weighted by Gasteiger charge is 2.34. The SMILES string of the molecule is C=CC(=O)OCCOC(=O)CC(C)(C)C(=O)Oc1ccc(OC(=O)C2CCC(C(=O)O)CC2)cc1. The highest BCUT2D eigenvalue weighted by Crippen LogP contribution is 2.31. The van der Waals surface area contributed by atoms with Crippen LogP contribution in [0.4, 0.5) is 0 Å². The molecular weight excluding hydrogens is 460 g/mol. The number of aliphatic carboxylic acids is 1. The molecule has 0 heterocycles. The molecule has 0 amide bonds. The molecule has 0 aliphatic heterocycles. The molecule has 0 unspecified atom stereocenters. The Bertz CT molecular complexity index is 939. The summed E-state index contributed by atoms with van der Waals surface area (Å²) in [5.41, 5.74) is -1.19. The molecule has 0 radical (unpaired) electrons. The van der Waals surface area contributed by atoms with Crippen LogP contribution in [0, 0.1) is 17.3 Å². The second kappa shape index (κ2) is 12.7. The lowest BCUT2D eigenvalue weighted by Crippen LogP contribution is -2.32. The Labute approximate surface area is 203 Å². The first kappa shape index (κ1) is 27.6. The Morgan fingerprint density at radius 3 is 1.97 bits per heavy atom. The van der Waals surface area contributed by atoms with Crippen molar-refractivity contribution in [1.82, 2.24) is 0 Å². The Morgan fingerprint density at radius 2 is 1.43 bits per heavy atom. The van der Waals surface area contributed by atoms with Crippen molar-refractivity contribution in [1.29, 1.82) is 0 Å². The largest absolute Gasteiger partial charge is 0.481 e. The summed E-state index contributed by atoms with van der Waals surface area (Å²) < 4.78 is 20.4. The first-order valence-electron chi connectivity index (χ1n) is 11.2. The summed E-state index contributed by atoms with van der Waals surface area (Å²) in [6.07, 6.45) is 2.55. The smallest absolute Gasteiger partial charge is 0.330 e. The lowest BCUT2D eigenvalue weighted by molar-refractivity contribution is -0.156. The third-order valence-corrected chi connectivity index (χ3v) is 5.56. The highest BCUT2D eigenvalue weighted by molar-refractivity contribution is 5.84. The molecule has 2 rings (SSSR count). The van der Waals surface area contributed by atoms with Crippen molar-refractivity contribution in [3.05, 3.63) is 36.9 Å². The van der Waals surface area contributed by atoms with E-state index in [4.69, 9.17) is 24.1 Å². The summed E-state index contributed by atoms with van der Waals surface area (Å²) in [6, 6.07) is 5.89. The minimum Gasteiger partial charge on any atom is -0.481 e. The molecule has 1 aromatic rings. The zero-order chi connectivity index (χ0) is 26.0. The third kappa shape index (κ3) is 8.88. The summed E-state index contributed by atoms with van der Waals surface area (Å²) >= 11 is 0. The number of ether oxygens (including phenoxy) is 4. The van der Waals surface area contributed by atoms with Gasteiger partial charge in [0.25, 0.3) is 0 Å². The summed E-state index contributed by atoms with van der Waals surface area (Å²) in [6.45, 7) is 6.04. The normalized spacial score (nSPS) is 17.5. The van der Waals surface area contributed by atoms with E-state index in [0.29, 0.717) is 25.7 Å². The van der Waals surface area contributed by atoms with Crippen molar-refractivity contribution < 1.29 is 48.0 Å². The zero-order valence-corrected chi connectivity index (χ0v) is 19.8. The van der Waals surface area contributed by atoms with E-state index in [1.165, 1.54) is 38.1 Å². The topological polar surface area (TPSA) is 142 Å². The van der Waals surface area contributed by atoms with Crippen molar-refractivity contribution >= 4 is 29.8 Å². The molecule has 0 spiro atoms. The fraction of sp³-hybridized carbons (Fsp3) is 0.480. The standard InChI is InChI=1S/C25H30O10/c1-4-20(26)32-13-14-33-21(27)15-25(2,3)24(31)35-19-11-9-18(10-12-19)34-23(30)17-7-5-16(6-8-17)22(28)29/h4,9-12,16-17H,1,5-8,13-15H2,2-3H3,(H,28,29). The number of rotatable bonds is 11. The number of carbonyl (C=O) groups is 5. The van der Waals surface area contributed by atoms with Crippen LogP contribution in [0.5, 0.6) is 11.5 Å². The van der Waals surface area contributed by atoms with Crippen LogP contribution >= 0.6 is 0 Å². The van der Waals surface area contributed by atoms with E-state index in [0.717, 1.165) is 6.08 Å². The van der Waals surface area contributed by atoms with Crippen molar-refractivity contribution in [3.8, 4) is 11.5 Å². The van der Waals surface area contributed by atoms with Gasteiger partial charge in [-0.1, -0.05) is 6.58 Å². The highest BCUT2D eigenvalue weighted by atomic mass is 16.6. The Balaban J connectivity index is 1.80. The number of hydrogen-bond acceptors (Lipinski definition) is 9. The van der Waals surface area contributed by atoms with Crippen molar-refractivity contribution in [2.24, 2.45) is 17.3 Å². The van der Waals surface area contributed by atoms with Gasteiger partial charge in [-0.25, -0.2) is 4.79 Å².